The van der Waals surface area contributed by atoms with Gasteiger partial charge in [-0.2, -0.15) is 0 Å². The van der Waals surface area contributed by atoms with E-state index >= 15 is 0 Å². The van der Waals surface area contributed by atoms with Crippen molar-refractivity contribution >= 4 is 17.4 Å². The van der Waals surface area contributed by atoms with Crippen molar-refractivity contribution in [3.63, 3.8) is 0 Å². The third-order valence-corrected chi connectivity index (χ3v) is 5.58. The number of aromatic nitrogens is 3. The summed E-state index contributed by atoms with van der Waals surface area (Å²) in [6, 6.07) is 8.18. The smallest absolute Gasteiger partial charge is 0.277 e. The molecule has 2 atom stereocenters. The number of imidazole rings is 1. The molecular weight excluding hydrogens is 408 g/mol. The highest BCUT2D eigenvalue weighted by Gasteiger charge is 2.48. The van der Waals surface area contributed by atoms with Crippen molar-refractivity contribution < 1.29 is 4.92 Å². The molecule has 0 fully saturated rings. The number of benzene rings is 1. The zero-order chi connectivity index (χ0) is 23.0. The van der Waals surface area contributed by atoms with Crippen molar-refractivity contribution in [2.75, 3.05) is 11.9 Å². The Hall–Kier alpha value is -3.79. The number of nitrogens with one attached hydrogen (secondary N) is 1. The maximum absolute atomic E-state index is 11.9. The van der Waals surface area contributed by atoms with Gasteiger partial charge in [0, 0.05) is 35.7 Å². The molecule has 10 nitrogen and oxygen atoms in total. The van der Waals surface area contributed by atoms with Crippen molar-refractivity contribution in [2.45, 2.75) is 38.9 Å². The van der Waals surface area contributed by atoms with Gasteiger partial charge in [-0.25, -0.2) is 15.0 Å². The lowest BCUT2D eigenvalue weighted by atomic mass is 9.90. The van der Waals surface area contributed by atoms with Crippen LogP contribution in [-0.2, 0) is 0 Å². The van der Waals surface area contributed by atoms with Gasteiger partial charge in [-0.15, -0.1) is 0 Å². The lowest BCUT2D eigenvalue weighted by Gasteiger charge is -2.28. The summed E-state index contributed by atoms with van der Waals surface area (Å²) in [6.45, 7) is 6.25. The third kappa shape index (κ3) is 3.92. The summed E-state index contributed by atoms with van der Waals surface area (Å²) < 4.78 is 1.84. The molecule has 2 aromatic heterocycles. The lowest BCUT2D eigenvalue weighted by Crippen LogP contribution is -2.54. The molecular formula is C22H26N8O2. The SMILES string of the molecule is Cc1cc(C)cc(-c2cc3nc(C)cn3c(NCCC3([N+](=O)[O-])C=CC(N)=NC3N)n2)c1. The number of aliphatic imine (C=N–C) groups is 1. The Labute approximate surface area is 185 Å². The first-order valence-electron chi connectivity index (χ1n) is 10.3. The predicted octanol–water partition coefficient (Wildman–Crippen LogP) is 2.35. The van der Waals surface area contributed by atoms with E-state index in [0.717, 1.165) is 33.7 Å². The summed E-state index contributed by atoms with van der Waals surface area (Å²) in [5.41, 5.74) is 15.7. The standard InChI is InChI=1S/C22H26N8O2/c1-13-8-14(2)10-16(9-13)17-11-19-26-15(3)12-29(19)21(27-17)25-7-6-22(30(31)32)5-4-18(23)28-20(22)24/h4-5,8-12,20H,6-7,24H2,1-3H3,(H2,23,28)(H,25,27). The summed E-state index contributed by atoms with van der Waals surface area (Å²) in [4.78, 5) is 24.8. The van der Waals surface area contributed by atoms with Crippen molar-refractivity contribution in [2.24, 2.45) is 16.5 Å². The fraction of sp³-hybridized carbons (Fsp3) is 0.318. The molecule has 1 aliphatic heterocycles. The zero-order valence-corrected chi connectivity index (χ0v) is 18.2. The average molecular weight is 435 g/mol. The number of nitro groups is 1. The Morgan fingerprint density at radius 3 is 2.56 bits per heavy atom. The normalized spacial score (nSPS) is 20.4. The second kappa shape index (κ2) is 8.04. The molecule has 5 N–H and O–H groups in total. The van der Waals surface area contributed by atoms with Crippen LogP contribution in [0.15, 0.2) is 47.6 Å². The summed E-state index contributed by atoms with van der Waals surface area (Å²) in [6.07, 6.45) is 3.78. The van der Waals surface area contributed by atoms with E-state index in [9.17, 15) is 10.1 Å². The molecule has 2 unspecified atom stereocenters. The molecule has 166 valence electrons. The van der Waals surface area contributed by atoms with Crippen molar-refractivity contribution in [3.8, 4) is 11.3 Å². The van der Waals surface area contributed by atoms with Crippen LogP contribution in [0.1, 0.15) is 23.2 Å². The third-order valence-electron chi connectivity index (χ3n) is 5.58. The first-order valence-corrected chi connectivity index (χ1v) is 10.3. The number of aryl methyl sites for hydroxylation is 3. The van der Waals surface area contributed by atoms with E-state index < -0.39 is 16.6 Å². The zero-order valence-electron chi connectivity index (χ0n) is 18.2. The van der Waals surface area contributed by atoms with Crippen molar-refractivity contribution in [1.29, 1.82) is 0 Å². The molecule has 1 aliphatic rings. The van der Waals surface area contributed by atoms with Crippen LogP contribution in [0.4, 0.5) is 5.95 Å². The number of nitrogens with zero attached hydrogens (tertiary/aromatic N) is 5. The minimum absolute atomic E-state index is 0.110. The molecule has 3 aromatic rings. The molecule has 0 radical (unpaired) electrons. The molecule has 0 bridgehead atoms. The number of dihydropyridines is 1. The molecule has 0 saturated carbocycles. The highest BCUT2D eigenvalue weighted by atomic mass is 16.6. The molecule has 0 amide bonds. The Balaban J connectivity index is 1.65. The van der Waals surface area contributed by atoms with Crippen LogP contribution in [0.3, 0.4) is 0 Å². The van der Waals surface area contributed by atoms with Gasteiger partial charge in [0.25, 0.3) is 5.54 Å². The van der Waals surface area contributed by atoms with Gasteiger partial charge in [0.05, 0.1) is 11.4 Å². The van der Waals surface area contributed by atoms with E-state index in [2.05, 4.69) is 33.5 Å². The second-order valence-electron chi connectivity index (χ2n) is 8.21. The molecule has 4 rings (SSSR count). The van der Waals surface area contributed by atoms with E-state index in [0.29, 0.717) is 5.95 Å². The monoisotopic (exact) mass is 434 g/mol. The molecule has 10 heteroatoms. The predicted molar refractivity (Wildman–Crippen MR) is 124 cm³/mol. The quantitative estimate of drug-likeness (QED) is 0.398. The maximum atomic E-state index is 11.9. The first kappa shape index (κ1) is 21.4. The number of fused-ring (bicyclic) bond motifs is 1. The Bertz CT molecular complexity index is 1240. The van der Waals surface area contributed by atoms with E-state index in [1.165, 1.54) is 12.2 Å². The Morgan fingerprint density at radius 2 is 1.91 bits per heavy atom. The van der Waals surface area contributed by atoms with E-state index in [4.69, 9.17) is 16.5 Å². The highest BCUT2D eigenvalue weighted by molar-refractivity contribution is 5.92. The Morgan fingerprint density at radius 1 is 1.19 bits per heavy atom. The van der Waals surface area contributed by atoms with Gasteiger partial charge in [-0.05, 0) is 45.1 Å². The fourth-order valence-electron chi connectivity index (χ4n) is 4.02. The minimum atomic E-state index is -1.54. The Kier molecular flexibility index (Phi) is 5.39. The lowest BCUT2D eigenvalue weighted by molar-refractivity contribution is -0.559. The number of hydrogen-bond donors (Lipinski definition) is 3. The summed E-state index contributed by atoms with van der Waals surface area (Å²) in [5, 5.41) is 15.1. The van der Waals surface area contributed by atoms with E-state index in [-0.39, 0.29) is 18.8 Å². The first-order chi connectivity index (χ1) is 15.2. The van der Waals surface area contributed by atoms with Crippen LogP contribution < -0.4 is 16.8 Å². The topological polar surface area (TPSA) is 150 Å². The van der Waals surface area contributed by atoms with Crippen LogP contribution in [-0.4, -0.2) is 43.4 Å². The molecule has 0 spiro atoms. The number of amidine groups is 1. The highest BCUT2D eigenvalue weighted by Crippen LogP contribution is 2.27. The molecule has 32 heavy (non-hydrogen) atoms. The van der Waals surface area contributed by atoms with Gasteiger partial charge in [-0.3, -0.25) is 14.5 Å². The van der Waals surface area contributed by atoms with Crippen LogP contribution in [0, 0.1) is 30.9 Å². The molecule has 0 saturated heterocycles. The average Bonchev–Trinajstić information content (AvgIpc) is 3.09. The van der Waals surface area contributed by atoms with Crippen LogP contribution >= 0.6 is 0 Å². The van der Waals surface area contributed by atoms with E-state index in [1.807, 2.05) is 37.4 Å². The molecule has 1 aromatic carbocycles. The minimum Gasteiger partial charge on any atom is -0.384 e. The fourth-order valence-corrected chi connectivity index (χ4v) is 4.02. The van der Waals surface area contributed by atoms with Gasteiger partial charge < -0.3 is 16.8 Å². The van der Waals surface area contributed by atoms with Gasteiger partial charge in [0.15, 0.2) is 6.17 Å². The molecule has 3 heterocycles. The van der Waals surface area contributed by atoms with Gasteiger partial charge in [0.2, 0.25) is 5.95 Å². The number of anilines is 1. The van der Waals surface area contributed by atoms with Gasteiger partial charge in [0.1, 0.15) is 11.5 Å². The summed E-state index contributed by atoms with van der Waals surface area (Å²) >= 11 is 0. The van der Waals surface area contributed by atoms with Crippen molar-refractivity contribution in [1.82, 2.24) is 14.4 Å². The van der Waals surface area contributed by atoms with E-state index in [1.54, 1.807) is 0 Å². The summed E-state index contributed by atoms with van der Waals surface area (Å²) in [7, 11) is 0. The largest absolute Gasteiger partial charge is 0.384 e. The number of hydrogen-bond acceptors (Lipinski definition) is 8. The van der Waals surface area contributed by atoms with Crippen LogP contribution in [0.2, 0.25) is 0 Å². The van der Waals surface area contributed by atoms with Crippen molar-refractivity contribution in [3.05, 3.63) is 69.5 Å². The maximum Gasteiger partial charge on any atom is 0.277 e. The van der Waals surface area contributed by atoms with Crippen LogP contribution in [0.25, 0.3) is 16.9 Å². The summed E-state index contributed by atoms with van der Waals surface area (Å²) in [5.74, 6) is 0.730. The molecule has 0 aliphatic carbocycles. The number of rotatable bonds is 6. The van der Waals surface area contributed by atoms with Crippen LogP contribution in [0.5, 0.6) is 0 Å². The second-order valence-corrected chi connectivity index (χ2v) is 8.21. The van der Waals surface area contributed by atoms with Gasteiger partial charge in [-0.1, -0.05) is 17.2 Å². The number of nitrogens with two attached hydrogens (primary N) is 2. The van der Waals surface area contributed by atoms with Gasteiger partial charge >= 0.3 is 0 Å².